The summed E-state index contributed by atoms with van der Waals surface area (Å²) >= 11 is 0. The largest absolute Gasteiger partial charge is 0.338 e. The Kier molecular flexibility index (Phi) is 6.59. The molecule has 0 fully saturated rings. The molecule has 0 unspecified atom stereocenters. The van der Waals surface area contributed by atoms with Crippen LogP contribution in [0.1, 0.15) is 30.9 Å². The van der Waals surface area contributed by atoms with Crippen molar-refractivity contribution in [1.29, 1.82) is 0 Å². The van der Waals surface area contributed by atoms with Gasteiger partial charge in [0.15, 0.2) is 0 Å². The van der Waals surface area contributed by atoms with Crippen LogP contribution in [-0.2, 0) is 11.3 Å². The first-order valence-corrected chi connectivity index (χ1v) is 9.71. The van der Waals surface area contributed by atoms with Crippen molar-refractivity contribution in [3.8, 4) is 0 Å². The lowest BCUT2D eigenvalue weighted by Crippen LogP contribution is -2.34. The second-order valence-corrected chi connectivity index (χ2v) is 7.00. The normalized spacial score (nSPS) is 16.0. The summed E-state index contributed by atoms with van der Waals surface area (Å²) < 4.78 is 13.2. The molecule has 1 atom stereocenters. The van der Waals surface area contributed by atoms with Crippen molar-refractivity contribution >= 4 is 23.3 Å². The molecular formula is C22H25FN4O2. The summed E-state index contributed by atoms with van der Waals surface area (Å²) in [5.41, 5.74) is 3.39. The lowest BCUT2D eigenvalue weighted by Gasteiger charge is -2.16. The Morgan fingerprint density at radius 1 is 1.21 bits per heavy atom. The molecule has 1 aliphatic heterocycles. The van der Waals surface area contributed by atoms with Gasteiger partial charge in [0.05, 0.1) is 18.2 Å². The van der Waals surface area contributed by atoms with Crippen molar-refractivity contribution < 1.29 is 14.0 Å². The van der Waals surface area contributed by atoms with Crippen LogP contribution in [0.4, 0.5) is 14.9 Å². The van der Waals surface area contributed by atoms with Gasteiger partial charge in [0.1, 0.15) is 5.82 Å². The SMILES string of the molecule is CCC1=NN(Cc2ccccc2C)C(=O)[C@@H]1CCNC(=O)Nc1cccc(F)c1. The lowest BCUT2D eigenvalue weighted by atomic mass is 9.97. The molecule has 3 amide bonds. The number of hydrazone groups is 1. The Morgan fingerprint density at radius 2 is 2.00 bits per heavy atom. The van der Waals surface area contributed by atoms with E-state index >= 15 is 0 Å². The van der Waals surface area contributed by atoms with Crippen molar-refractivity contribution in [2.45, 2.75) is 33.2 Å². The standard InChI is InChI=1S/C22H25FN4O2/c1-3-20-19(11-12-24-22(29)25-18-10-6-9-17(23)13-18)21(28)27(26-20)14-16-8-5-4-7-15(16)2/h4-10,13,19H,3,11-12,14H2,1-2H3,(H2,24,25,29)/t19-/m1/s1. The van der Waals surface area contributed by atoms with Gasteiger partial charge in [-0.2, -0.15) is 5.10 Å². The Labute approximate surface area is 169 Å². The highest BCUT2D eigenvalue weighted by atomic mass is 19.1. The van der Waals surface area contributed by atoms with E-state index in [2.05, 4.69) is 15.7 Å². The van der Waals surface area contributed by atoms with Crippen LogP contribution in [0.15, 0.2) is 53.6 Å². The average Bonchev–Trinajstić information content (AvgIpc) is 2.99. The highest BCUT2D eigenvalue weighted by molar-refractivity contribution is 6.07. The molecule has 0 radical (unpaired) electrons. The zero-order valence-corrected chi connectivity index (χ0v) is 16.6. The second-order valence-electron chi connectivity index (χ2n) is 7.00. The second kappa shape index (κ2) is 9.32. The van der Waals surface area contributed by atoms with E-state index in [1.54, 1.807) is 6.07 Å². The number of amides is 3. The van der Waals surface area contributed by atoms with E-state index < -0.39 is 11.8 Å². The van der Waals surface area contributed by atoms with Crippen LogP contribution in [0.25, 0.3) is 0 Å². The Hall–Kier alpha value is -3.22. The number of aryl methyl sites for hydroxylation is 1. The fraction of sp³-hybridized carbons (Fsp3) is 0.318. The fourth-order valence-corrected chi connectivity index (χ4v) is 3.34. The molecule has 1 aliphatic rings. The van der Waals surface area contributed by atoms with Gasteiger partial charge < -0.3 is 10.6 Å². The summed E-state index contributed by atoms with van der Waals surface area (Å²) in [6.07, 6.45) is 1.14. The van der Waals surface area contributed by atoms with Crippen molar-refractivity contribution in [3.05, 3.63) is 65.5 Å². The van der Waals surface area contributed by atoms with E-state index in [9.17, 15) is 14.0 Å². The third-order valence-corrected chi connectivity index (χ3v) is 4.95. The molecule has 0 saturated carbocycles. The van der Waals surface area contributed by atoms with E-state index in [-0.39, 0.29) is 11.8 Å². The predicted molar refractivity (Wildman–Crippen MR) is 111 cm³/mol. The van der Waals surface area contributed by atoms with Crippen LogP contribution < -0.4 is 10.6 Å². The van der Waals surface area contributed by atoms with E-state index in [0.717, 1.165) is 16.8 Å². The number of rotatable bonds is 7. The Balaban J connectivity index is 1.54. The number of nitrogens with zero attached hydrogens (tertiary/aromatic N) is 2. The first-order valence-electron chi connectivity index (χ1n) is 9.71. The minimum absolute atomic E-state index is 0.0440. The number of carbonyl (C=O) groups excluding carboxylic acids is 2. The summed E-state index contributed by atoms with van der Waals surface area (Å²) in [7, 11) is 0. The maximum atomic E-state index is 13.2. The molecule has 3 rings (SSSR count). The van der Waals surface area contributed by atoms with Gasteiger partial charge in [0.25, 0.3) is 5.91 Å². The van der Waals surface area contributed by atoms with Gasteiger partial charge in [0.2, 0.25) is 0 Å². The minimum Gasteiger partial charge on any atom is -0.338 e. The molecule has 1 heterocycles. The topological polar surface area (TPSA) is 73.8 Å². The number of anilines is 1. The molecule has 0 aromatic heterocycles. The maximum absolute atomic E-state index is 13.2. The highest BCUT2D eigenvalue weighted by Crippen LogP contribution is 2.23. The van der Waals surface area contributed by atoms with Gasteiger partial charge in [-0.15, -0.1) is 0 Å². The van der Waals surface area contributed by atoms with E-state index in [1.165, 1.54) is 23.2 Å². The summed E-state index contributed by atoms with van der Waals surface area (Å²) in [5, 5.41) is 11.3. The molecule has 152 valence electrons. The quantitative estimate of drug-likeness (QED) is 0.740. The maximum Gasteiger partial charge on any atom is 0.319 e. The molecule has 2 N–H and O–H groups in total. The molecule has 6 nitrogen and oxygen atoms in total. The summed E-state index contributed by atoms with van der Waals surface area (Å²) in [6, 6.07) is 13.2. The Morgan fingerprint density at radius 3 is 2.72 bits per heavy atom. The minimum atomic E-state index is -0.437. The van der Waals surface area contributed by atoms with E-state index in [4.69, 9.17) is 0 Å². The monoisotopic (exact) mass is 396 g/mol. The number of hydrogen-bond acceptors (Lipinski definition) is 3. The number of nitrogens with one attached hydrogen (secondary N) is 2. The smallest absolute Gasteiger partial charge is 0.319 e. The van der Waals surface area contributed by atoms with Crippen LogP contribution in [0.3, 0.4) is 0 Å². The fourth-order valence-electron chi connectivity index (χ4n) is 3.34. The highest BCUT2D eigenvalue weighted by Gasteiger charge is 2.34. The van der Waals surface area contributed by atoms with Crippen molar-refractivity contribution in [2.24, 2.45) is 11.0 Å². The van der Waals surface area contributed by atoms with Crippen LogP contribution >= 0.6 is 0 Å². The Bertz CT molecular complexity index is 929. The molecule has 7 heteroatoms. The van der Waals surface area contributed by atoms with Crippen LogP contribution in [0.5, 0.6) is 0 Å². The summed E-state index contributed by atoms with van der Waals surface area (Å²) in [6.45, 7) is 4.74. The van der Waals surface area contributed by atoms with Gasteiger partial charge in [0, 0.05) is 12.2 Å². The molecule has 0 spiro atoms. The number of hydrogen-bond donors (Lipinski definition) is 2. The van der Waals surface area contributed by atoms with Crippen molar-refractivity contribution in [3.63, 3.8) is 0 Å². The zero-order chi connectivity index (χ0) is 20.8. The van der Waals surface area contributed by atoms with Gasteiger partial charge in [-0.25, -0.2) is 14.2 Å². The van der Waals surface area contributed by atoms with Crippen LogP contribution in [-0.4, -0.2) is 29.2 Å². The molecule has 0 bridgehead atoms. The van der Waals surface area contributed by atoms with Gasteiger partial charge in [-0.1, -0.05) is 37.3 Å². The molecule has 0 saturated heterocycles. The molecule has 29 heavy (non-hydrogen) atoms. The summed E-state index contributed by atoms with van der Waals surface area (Å²) in [4.78, 5) is 24.8. The third-order valence-electron chi connectivity index (χ3n) is 4.95. The van der Waals surface area contributed by atoms with Gasteiger partial charge in [-0.3, -0.25) is 4.79 Å². The first-order chi connectivity index (χ1) is 14.0. The van der Waals surface area contributed by atoms with Gasteiger partial charge in [-0.05, 0) is 49.1 Å². The van der Waals surface area contributed by atoms with Crippen molar-refractivity contribution in [2.75, 3.05) is 11.9 Å². The summed E-state index contributed by atoms with van der Waals surface area (Å²) in [5.74, 6) is -0.798. The van der Waals surface area contributed by atoms with Crippen molar-refractivity contribution in [1.82, 2.24) is 10.3 Å². The van der Waals surface area contributed by atoms with E-state index in [1.807, 2.05) is 38.1 Å². The molecule has 0 aliphatic carbocycles. The molecule has 2 aromatic carbocycles. The number of urea groups is 1. The van der Waals surface area contributed by atoms with Crippen LogP contribution in [0.2, 0.25) is 0 Å². The third kappa shape index (κ3) is 5.19. The molecular weight excluding hydrogens is 371 g/mol. The number of halogens is 1. The number of benzene rings is 2. The van der Waals surface area contributed by atoms with Gasteiger partial charge >= 0.3 is 6.03 Å². The lowest BCUT2D eigenvalue weighted by molar-refractivity contribution is -0.132. The average molecular weight is 396 g/mol. The number of carbonyl (C=O) groups is 2. The predicted octanol–water partition coefficient (Wildman–Crippen LogP) is 4.07. The first kappa shape index (κ1) is 20.5. The molecule has 2 aromatic rings. The van der Waals surface area contributed by atoms with E-state index in [0.29, 0.717) is 31.6 Å². The van der Waals surface area contributed by atoms with Crippen LogP contribution in [0, 0.1) is 18.7 Å². The zero-order valence-electron chi connectivity index (χ0n) is 16.6.